The Kier molecular flexibility index (Phi) is 5.27. The van der Waals surface area contributed by atoms with Crippen molar-refractivity contribution in [3.8, 4) is 0 Å². The highest BCUT2D eigenvalue weighted by Gasteiger charge is 2.30. The van der Waals surface area contributed by atoms with Crippen molar-refractivity contribution < 1.29 is 14.3 Å². The van der Waals surface area contributed by atoms with E-state index in [0.717, 1.165) is 12.8 Å². The van der Waals surface area contributed by atoms with Gasteiger partial charge in [0.05, 0.1) is 18.7 Å². The highest BCUT2D eigenvalue weighted by Crippen LogP contribution is 2.37. The van der Waals surface area contributed by atoms with E-state index in [0.29, 0.717) is 28.4 Å². The van der Waals surface area contributed by atoms with Crippen molar-refractivity contribution in [2.75, 3.05) is 7.11 Å². The molecule has 0 aliphatic heterocycles. The number of hydrogen-bond acceptors (Lipinski definition) is 4. The van der Waals surface area contributed by atoms with E-state index in [1.807, 2.05) is 11.4 Å². The first-order valence-corrected chi connectivity index (χ1v) is 9.52. The average molecular weight is 360 g/mol. The number of rotatable bonds is 5. The summed E-state index contributed by atoms with van der Waals surface area (Å²) in [4.78, 5) is 29.1. The van der Waals surface area contributed by atoms with Crippen LogP contribution in [0, 0.1) is 19.8 Å². The Balaban J connectivity index is 1.86. The highest BCUT2D eigenvalue weighted by molar-refractivity contribution is 7.10. The monoisotopic (exact) mass is 360 g/mol. The SMILES string of the molecule is COC(=O)c1c(C)[nH]c(C(=O)N[C@@H](c2cccs2)C2CCCC2)c1C. The molecule has 1 aliphatic rings. The van der Waals surface area contributed by atoms with Gasteiger partial charge in [-0.3, -0.25) is 4.79 Å². The van der Waals surface area contributed by atoms with Crippen LogP contribution in [0.25, 0.3) is 0 Å². The first kappa shape index (κ1) is 17.7. The summed E-state index contributed by atoms with van der Waals surface area (Å²) in [6, 6.07) is 4.13. The summed E-state index contributed by atoms with van der Waals surface area (Å²) in [7, 11) is 1.35. The van der Waals surface area contributed by atoms with Crippen LogP contribution in [-0.4, -0.2) is 24.0 Å². The number of aryl methyl sites for hydroxylation is 1. The van der Waals surface area contributed by atoms with Gasteiger partial charge < -0.3 is 15.0 Å². The third kappa shape index (κ3) is 3.49. The fraction of sp³-hybridized carbons (Fsp3) is 0.474. The fourth-order valence-electron chi connectivity index (χ4n) is 3.78. The first-order chi connectivity index (χ1) is 12.0. The second-order valence-corrected chi connectivity index (χ2v) is 7.61. The number of H-pyrrole nitrogens is 1. The van der Waals surface area contributed by atoms with Gasteiger partial charge >= 0.3 is 5.97 Å². The van der Waals surface area contributed by atoms with Crippen molar-refractivity contribution in [2.24, 2.45) is 5.92 Å². The topological polar surface area (TPSA) is 71.2 Å². The Bertz CT molecular complexity index is 758. The normalized spacial score (nSPS) is 16.0. The molecule has 6 heteroatoms. The molecule has 1 saturated carbocycles. The molecule has 1 fully saturated rings. The van der Waals surface area contributed by atoms with E-state index >= 15 is 0 Å². The number of aromatic amines is 1. The van der Waals surface area contributed by atoms with Crippen LogP contribution >= 0.6 is 11.3 Å². The number of aromatic nitrogens is 1. The summed E-state index contributed by atoms with van der Waals surface area (Å²) in [5, 5.41) is 5.25. The van der Waals surface area contributed by atoms with Crippen molar-refractivity contribution in [3.05, 3.63) is 44.9 Å². The van der Waals surface area contributed by atoms with Crippen LogP contribution in [0.15, 0.2) is 17.5 Å². The first-order valence-electron chi connectivity index (χ1n) is 8.64. The molecule has 0 aromatic carbocycles. The molecule has 0 radical (unpaired) electrons. The molecule has 0 spiro atoms. The molecule has 134 valence electrons. The van der Waals surface area contributed by atoms with Gasteiger partial charge in [0.25, 0.3) is 5.91 Å². The largest absolute Gasteiger partial charge is 0.465 e. The van der Waals surface area contributed by atoms with Crippen LogP contribution in [0.2, 0.25) is 0 Å². The predicted molar refractivity (Wildman–Crippen MR) is 98.1 cm³/mol. The van der Waals surface area contributed by atoms with Gasteiger partial charge in [-0.05, 0) is 49.6 Å². The predicted octanol–water partition coefficient (Wildman–Crippen LogP) is 4.14. The third-order valence-corrected chi connectivity index (χ3v) is 6.02. The van der Waals surface area contributed by atoms with Crippen molar-refractivity contribution in [1.29, 1.82) is 0 Å². The van der Waals surface area contributed by atoms with Gasteiger partial charge in [0.1, 0.15) is 5.69 Å². The summed E-state index contributed by atoms with van der Waals surface area (Å²) in [5.74, 6) is -0.115. The fourth-order valence-corrected chi connectivity index (χ4v) is 4.65. The van der Waals surface area contributed by atoms with E-state index in [9.17, 15) is 9.59 Å². The van der Waals surface area contributed by atoms with Crippen LogP contribution in [0.5, 0.6) is 0 Å². The quantitative estimate of drug-likeness (QED) is 0.787. The highest BCUT2D eigenvalue weighted by atomic mass is 32.1. The Labute approximate surface area is 151 Å². The molecule has 1 amide bonds. The van der Waals surface area contributed by atoms with Gasteiger partial charge in [-0.25, -0.2) is 4.79 Å². The van der Waals surface area contributed by atoms with E-state index in [2.05, 4.69) is 16.4 Å². The molecule has 1 aliphatic carbocycles. The lowest BCUT2D eigenvalue weighted by Gasteiger charge is -2.23. The number of carbonyl (C=O) groups is 2. The maximum atomic E-state index is 12.9. The van der Waals surface area contributed by atoms with Gasteiger partial charge in [0.15, 0.2) is 0 Å². The zero-order valence-corrected chi connectivity index (χ0v) is 15.7. The summed E-state index contributed by atoms with van der Waals surface area (Å²) < 4.78 is 4.82. The van der Waals surface area contributed by atoms with E-state index in [4.69, 9.17) is 4.74 Å². The van der Waals surface area contributed by atoms with Crippen LogP contribution in [-0.2, 0) is 4.74 Å². The molecule has 2 aromatic heterocycles. The number of hydrogen-bond donors (Lipinski definition) is 2. The Morgan fingerprint density at radius 1 is 1.32 bits per heavy atom. The van der Waals surface area contributed by atoms with E-state index in [-0.39, 0.29) is 11.9 Å². The molecule has 5 nitrogen and oxygen atoms in total. The third-order valence-electron chi connectivity index (χ3n) is 5.06. The lowest BCUT2D eigenvalue weighted by molar-refractivity contribution is 0.0599. The molecule has 2 N–H and O–H groups in total. The summed E-state index contributed by atoms with van der Waals surface area (Å²) in [6.45, 7) is 3.56. The Morgan fingerprint density at radius 2 is 2.04 bits per heavy atom. The molecular formula is C19H24N2O3S. The number of ether oxygens (including phenoxy) is 1. The van der Waals surface area contributed by atoms with E-state index < -0.39 is 5.97 Å². The maximum absolute atomic E-state index is 12.9. The van der Waals surface area contributed by atoms with Crippen molar-refractivity contribution in [2.45, 2.75) is 45.6 Å². The molecule has 2 heterocycles. The number of amides is 1. The van der Waals surface area contributed by atoms with Gasteiger partial charge in [-0.2, -0.15) is 0 Å². The van der Waals surface area contributed by atoms with Crippen LogP contribution in [0.1, 0.15) is 68.7 Å². The number of esters is 1. The number of nitrogens with one attached hydrogen (secondary N) is 2. The van der Waals surface area contributed by atoms with E-state index in [1.54, 1.807) is 25.2 Å². The average Bonchev–Trinajstić information content (AvgIpc) is 3.34. The van der Waals surface area contributed by atoms with Crippen LogP contribution < -0.4 is 5.32 Å². The zero-order valence-electron chi connectivity index (χ0n) is 14.8. The maximum Gasteiger partial charge on any atom is 0.339 e. The minimum absolute atomic E-state index is 0.0274. The van der Waals surface area contributed by atoms with E-state index in [1.165, 1.54) is 24.8 Å². The van der Waals surface area contributed by atoms with Gasteiger partial charge in [0.2, 0.25) is 0 Å². The zero-order chi connectivity index (χ0) is 18.0. The summed E-state index contributed by atoms with van der Waals surface area (Å²) >= 11 is 1.68. The number of carbonyl (C=O) groups excluding carboxylic acids is 2. The van der Waals surface area contributed by atoms with Crippen molar-refractivity contribution in [3.63, 3.8) is 0 Å². The lowest BCUT2D eigenvalue weighted by atomic mass is 9.96. The summed E-state index contributed by atoms with van der Waals surface area (Å²) in [6.07, 6.45) is 4.71. The minimum Gasteiger partial charge on any atom is -0.465 e. The Morgan fingerprint density at radius 3 is 2.64 bits per heavy atom. The number of methoxy groups -OCH3 is 1. The van der Waals surface area contributed by atoms with Crippen LogP contribution in [0.3, 0.4) is 0 Å². The van der Waals surface area contributed by atoms with Crippen molar-refractivity contribution in [1.82, 2.24) is 10.3 Å². The second kappa shape index (κ2) is 7.44. The second-order valence-electron chi connectivity index (χ2n) is 6.63. The lowest BCUT2D eigenvalue weighted by Crippen LogP contribution is -2.32. The molecule has 1 atom stereocenters. The van der Waals surface area contributed by atoms with Gasteiger partial charge in [-0.15, -0.1) is 11.3 Å². The molecule has 25 heavy (non-hydrogen) atoms. The number of thiophene rings is 1. The standard InChI is InChI=1S/C19H24N2O3S/c1-11-15(19(23)24-3)12(2)20-16(11)18(22)21-17(13-7-4-5-8-13)14-9-6-10-25-14/h6,9-10,13,17,20H,4-5,7-8H2,1-3H3,(H,21,22)/t17-/m1/s1. The Hall–Kier alpha value is -2.08. The molecule has 0 bridgehead atoms. The minimum atomic E-state index is -0.420. The van der Waals surface area contributed by atoms with Crippen molar-refractivity contribution >= 4 is 23.2 Å². The molecular weight excluding hydrogens is 336 g/mol. The molecule has 0 saturated heterocycles. The summed E-state index contributed by atoms with van der Waals surface area (Å²) in [5.41, 5.74) is 2.18. The smallest absolute Gasteiger partial charge is 0.339 e. The van der Waals surface area contributed by atoms with Crippen LogP contribution in [0.4, 0.5) is 0 Å². The van der Waals surface area contributed by atoms with Gasteiger partial charge in [-0.1, -0.05) is 18.9 Å². The molecule has 3 rings (SSSR count). The molecule has 2 aromatic rings. The van der Waals surface area contributed by atoms with Gasteiger partial charge in [0, 0.05) is 10.6 Å². The molecule has 0 unspecified atom stereocenters.